The summed E-state index contributed by atoms with van der Waals surface area (Å²) < 4.78 is 0.857. The number of amides is 3. The van der Waals surface area contributed by atoms with Crippen LogP contribution < -0.4 is 15.8 Å². The van der Waals surface area contributed by atoms with Gasteiger partial charge in [-0.25, -0.2) is 10.3 Å². The summed E-state index contributed by atoms with van der Waals surface area (Å²) in [5, 5.41) is 0. The maximum atomic E-state index is 12.4. The molecule has 0 aromatic heterocycles. The number of nitrogens with zero attached hydrogens (tertiary/aromatic N) is 1. The lowest BCUT2D eigenvalue weighted by Gasteiger charge is -2.16. The molecule has 2 N–H and O–H groups in total. The van der Waals surface area contributed by atoms with Gasteiger partial charge in [0.15, 0.2) is 0 Å². The first-order chi connectivity index (χ1) is 11.6. The topological polar surface area (TPSA) is 78.5 Å². The van der Waals surface area contributed by atoms with E-state index < -0.39 is 11.9 Å². The van der Waals surface area contributed by atoms with Crippen molar-refractivity contribution in [3.8, 4) is 0 Å². The molecule has 1 fully saturated rings. The van der Waals surface area contributed by atoms with E-state index in [0.29, 0.717) is 11.3 Å². The number of nitrogens with one attached hydrogen (secondary N) is 2. The van der Waals surface area contributed by atoms with Crippen LogP contribution in [0, 0.1) is 0 Å². The molecule has 0 aliphatic carbocycles. The molecule has 0 spiro atoms. The van der Waals surface area contributed by atoms with Crippen LogP contribution in [0.2, 0.25) is 0 Å². The van der Waals surface area contributed by atoms with Gasteiger partial charge in [-0.05, 0) is 36.4 Å². The van der Waals surface area contributed by atoms with Crippen molar-refractivity contribution in [2.24, 2.45) is 0 Å². The smallest absolute Gasteiger partial charge is 0.265 e. The van der Waals surface area contributed by atoms with Crippen molar-refractivity contribution >= 4 is 39.3 Å². The second-order valence-corrected chi connectivity index (χ2v) is 6.18. The van der Waals surface area contributed by atoms with Crippen LogP contribution in [0.4, 0.5) is 5.69 Å². The second-order valence-electron chi connectivity index (χ2n) is 5.27. The third kappa shape index (κ3) is 3.37. The molecule has 3 amide bonds. The van der Waals surface area contributed by atoms with E-state index in [1.165, 1.54) is 0 Å². The molecule has 0 saturated carbocycles. The molecule has 2 aromatic carbocycles. The van der Waals surface area contributed by atoms with Crippen LogP contribution in [0.3, 0.4) is 0 Å². The van der Waals surface area contributed by atoms with Crippen molar-refractivity contribution in [2.45, 2.75) is 12.5 Å². The molecule has 6 nitrogen and oxygen atoms in total. The SMILES string of the molecule is O=C(NNC1CC(=O)N(c2ccc(Br)cc2)C1=O)c1ccccc1. The van der Waals surface area contributed by atoms with Gasteiger partial charge >= 0.3 is 0 Å². The lowest BCUT2D eigenvalue weighted by atomic mass is 10.2. The highest BCUT2D eigenvalue weighted by atomic mass is 79.9. The van der Waals surface area contributed by atoms with E-state index in [1.807, 2.05) is 0 Å². The molecule has 1 atom stereocenters. The van der Waals surface area contributed by atoms with Crippen molar-refractivity contribution in [1.82, 2.24) is 10.9 Å². The van der Waals surface area contributed by atoms with Crippen molar-refractivity contribution in [2.75, 3.05) is 4.90 Å². The number of rotatable bonds is 4. The fraction of sp³-hybridized carbons (Fsp3) is 0.118. The standard InChI is InChI=1S/C17H14BrN3O3/c18-12-6-8-13(9-7-12)21-15(22)10-14(17(21)24)19-20-16(23)11-4-2-1-3-5-11/h1-9,14,19H,10H2,(H,20,23). The molecule has 1 aliphatic rings. The van der Waals surface area contributed by atoms with Gasteiger partial charge in [0.1, 0.15) is 6.04 Å². The van der Waals surface area contributed by atoms with Crippen molar-refractivity contribution in [1.29, 1.82) is 0 Å². The Morgan fingerprint density at radius 1 is 1.04 bits per heavy atom. The molecule has 1 unspecified atom stereocenters. The average Bonchev–Trinajstić information content (AvgIpc) is 2.88. The summed E-state index contributed by atoms with van der Waals surface area (Å²) in [6.45, 7) is 0. The highest BCUT2D eigenvalue weighted by Gasteiger charge is 2.39. The van der Waals surface area contributed by atoms with Gasteiger partial charge in [0.2, 0.25) is 5.91 Å². The third-order valence-corrected chi connectivity index (χ3v) is 4.16. The van der Waals surface area contributed by atoms with Crippen LogP contribution in [0.5, 0.6) is 0 Å². The number of anilines is 1. The van der Waals surface area contributed by atoms with Gasteiger partial charge in [-0.3, -0.25) is 19.8 Å². The predicted molar refractivity (Wildman–Crippen MR) is 92.1 cm³/mol. The Balaban J connectivity index is 1.66. The zero-order valence-corrected chi connectivity index (χ0v) is 14.1. The van der Waals surface area contributed by atoms with E-state index in [4.69, 9.17) is 0 Å². The Morgan fingerprint density at radius 2 is 1.71 bits per heavy atom. The minimum atomic E-state index is -0.784. The molecule has 24 heavy (non-hydrogen) atoms. The lowest BCUT2D eigenvalue weighted by Crippen LogP contribution is -2.48. The summed E-state index contributed by atoms with van der Waals surface area (Å²) in [5.74, 6) is -1.07. The molecule has 3 rings (SSSR count). The van der Waals surface area contributed by atoms with Crippen LogP contribution in [-0.2, 0) is 9.59 Å². The number of hydrazine groups is 1. The first-order valence-electron chi connectivity index (χ1n) is 7.29. The molecule has 0 radical (unpaired) electrons. The summed E-state index contributed by atoms with van der Waals surface area (Å²) in [7, 11) is 0. The van der Waals surface area contributed by atoms with E-state index in [9.17, 15) is 14.4 Å². The Hall–Kier alpha value is -2.51. The second kappa shape index (κ2) is 6.94. The van der Waals surface area contributed by atoms with E-state index in [-0.39, 0.29) is 18.2 Å². The highest BCUT2D eigenvalue weighted by Crippen LogP contribution is 2.24. The van der Waals surface area contributed by atoms with E-state index in [2.05, 4.69) is 26.8 Å². The van der Waals surface area contributed by atoms with Crippen LogP contribution >= 0.6 is 15.9 Å². The summed E-state index contributed by atoms with van der Waals surface area (Å²) >= 11 is 3.31. The fourth-order valence-electron chi connectivity index (χ4n) is 2.42. The molecule has 0 bridgehead atoms. The molecule has 1 aliphatic heterocycles. The van der Waals surface area contributed by atoms with E-state index in [1.54, 1.807) is 54.6 Å². The summed E-state index contributed by atoms with van der Waals surface area (Å²) in [4.78, 5) is 37.7. The Kier molecular flexibility index (Phi) is 4.73. The Bertz CT molecular complexity index is 777. The molecule has 2 aromatic rings. The van der Waals surface area contributed by atoms with Crippen LogP contribution in [0.25, 0.3) is 0 Å². The Labute approximate surface area is 146 Å². The van der Waals surface area contributed by atoms with Gasteiger partial charge in [0.25, 0.3) is 11.8 Å². The lowest BCUT2D eigenvalue weighted by molar-refractivity contribution is -0.121. The van der Waals surface area contributed by atoms with Gasteiger partial charge in [-0.2, -0.15) is 0 Å². The average molecular weight is 388 g/mol. The van der Waals surface area contributed by atoms with Crippen LogP contribution in [0.1, 0.15) is 16.8 Å². The largest absolute Gasteiger partial charge is 0.287 e. The van der Waals surface area contributed by atoms with Crippen molar-refractivity contribution in [3.63, 3.8) is 0 Å². The normalized spacial score (nSPS) is 17.2. The number of hydrogen-bond donors (Lipinski definition) is 2. The molecule has 1 heterocycles. The van der Waals surface area contributed by atoms with Gasteiger partial charge in [-0.1, -0.05) is 34.1 Å². The van der Waals surface area contributed by atoms with Crippen LogP contribution in [0.15, 0.2) is 59.1 Å². The molecular weight excluding hydrogens is 374 g/mol. The number of hydrogen-bond acceptors (Lipinski definition) is 4. The molecule has 7 heteroatoms. The first kappa shape index (κ1) is 16.4. The minimum Gasteiger partial charge on any atom is -0.287 e. The Morgan fingerprint density at radius 3 is 2.38 bits per heavy atom. The third-order valence-electron chi connectivity index (χ3n) is 3.63. The van der Waals surface area contributed by atoms with Crippen molar-refractivity contribution in [3.05, 3.63) is 64.6 Å². The molecule has 122 valence electrons. The van der Waals surface area contributed by atoms with E-state index >= 15 is 0 Å². The number of carbonyl (C=O) groups excluding carboxylic acids is 3. The highest BCUT2D eigenvalue weighted by molar-refractivity contribution is 9.10. The minimum absolute atomic E-state index is 0.00995. The fourth-order valence-corrected chi connectivity index (χ4v) is 2.68. The molecular formula is C17H14BrN3O3. The van der Waals surface area contributed by atoms with Gasteiger partial charge in [0.05, 0.1) is 12.1 Å². The first-order valence-corrected chi connectivity index (χ1v) is 8.09. The zero-order valence-electron chi connectivity index (χ0n) is 12.5. The predicted octanol–water partition coefficient (Wildman–Crippen LogP) is 2.02. The van der Waals surface area contributed by atoms with E-state index in [0.717, 1.165) is 9.37 Å². The monoisotopic (exact) mass is 387 g/mol. The van der Waals surface area contributed by atoms with Crippen molar-refractivity contribution < 1.29 is 14.4 Å². The number of halogens is 1. The van der Waals surface area contributed by atoms with Gasteiger partial charge in [0, 0.05) is 10.0 Å². The van der Waals surface area contributed by atoms with Crippen LogP contribution in [-0.4, -0.2) is 23.8 Å². The maximum absolute atomic E-state index is 12.4. The quantitative estimate of drug-likeness (QED) is 0.621. The molecule has 1 saturated heterocycles. The summed E-state index contributed by atoms with van der Waals surface area (Å²) in [6, 6.07) is 14.7. The number of imide groups is 1. The number of benzene rings is 2. The number of carbonyl (C=O) groups is 3. The summed E-state index contributed by atoms with van der Waals surface area (Å²) in [6.07, 6.45) is -0.00995. The maximum Gasteiger partial charge on any atom is 0.265 e. The van der Waals surface area contributed by atoms with Gasteiger partial charge in [-0.15, -0.1) is 0 Å². The summed E-state index contributed by atoms with van der Waals surface area (Å²) in [5.41, 5.74) is 6.10. The zero-order chi connectivity index (χ0) is 17.1. The van der Waals surface area contributed by atoms with Gasteiger partial charge < -0.3 is 0 Å².